The summed E-state index contributed by atoms with van der Waals surface area (Å²) in [7, 11) is 1.57. The number of amides is 2. The number of anilines is 1. The van der Waals surface area contributed by atoms with Crippen molar-refractivity contribution in [3.05, 3.63) is 95.6 Å². The average Bonchev–Trinajstić information content (AvgIpc) is 2.87. The maximum absolute atomic E-state index is 12.5. The van der Waals surface area contributed by atoms with Crippen molar-refractivity contribution in [2.24, 2.45) is 0 Å². The maximum atomic E-state index is 12.5. The Morgan fingerprint density at radius 2 is 1.62 bits per heavy atom. The summed E-state index contributed by atoms with van der Waals surface area (Å²) in [5.41, 5.74) is 2.24. The number of carbonyl (C=O) groups excluding carboxylic acids is 2. The van der Waals surface area contributed by atoms with E-state index in [0.717, 1.165) is 5.56 Å². The molecule has 0 aliphatic carbocycles. The topological polar surface area (TPSA) is 100 Å². The summed E-state index contributed by atoms with van der Waals surface area (Å²) in [5, 5.41) is 15.0. The Labute approximate surface area is 198 Å². The minimum atomic E-state index is -0.450. The lowest BCUT2D eigenvalue weighted by Gasteiger charge is -2.13. The minimum Gasteiger partial charge on any atom is -0.497 e. The lowest BCUT2D eigenvalue weighted by Crippen LogP contribution is -2.27. The average molecular weight is 456 g/mol. The van der Waals surface area contributed by atoms with Crippen LogP contribution in [0.3, 0.4) is 0 Å². The molecule has 0 saturated carbocycles. The zero-order valence-electron chi connectivity index (χ0n) is 18.9. The molecule has 2 amide bonds. The highest BCUT2D eigenvalue weighted by molar-refractivity contribution is 6.01. The zero-order valence-corrected chi connectivity index (χ0v) is 18.9. The van der Waals surface area contributed by atoms with Crippen LogP contribution in [0.4, 0.5) is 5.69 Å². The molecule has 7 nitrogen and oxygen atoms in total. The first-order chi connectivity index (χ1) is 16.5. The number of methoxy groups -OCH3 is 1. The Bertz CT molecular complexity index is 1180. The molecular weight excluding hydrogens is 430 g/mol. The molecule has 0 bridgehead atoms. The molecular formula is C27H25N3O4. The van der Waals surface area contributed by atoms with E-state index in [4.69, 9.17) is 9.47 Å². The number of hydrogen-bond acceptors (Lipinski definition) is 5. The molecule has 3 aromatic carbocycles. The molecule has 0 aliphatic heterocycles. The molecule has 172 valence electrons. The lowest BCUT2D eigenvalue weighted by molar-refractivity contribution is -0.118. The van der Waals surface area contributed by atoms with Gasteiger partial charge in [-0.1, -0.05) is 42.5 Å². The van der Waals surface area contributed by atoms with Crippen LogP contribution in [0.25, 0.3) is 6.08 Å². The van der Waals surface area contributed by atoms with Gasteiger partial charge < -0.3 is 20.1 Å². The van der Waals surface area contributed by atoms with E-state index in [1.54, 1.807) is 55.6 Å². The molecule has 0 aromatic heterocycles. The number of hydrogen-bond donors (Lipinski definition) is 2. The van der Waals surface area contributed by atoms with E-state index in [0.29, 0.717) is 22.7 Å². The standard InChI is InChI=1S/C27H25N3O4/c1-19(21-6-4-3-5-7-21)29-27(32)22(17-28)16-20-8-12-25(13-9-20)34-18-26(31)30-23-10-14-24(33-2)15-11-23/h3-16,19H,18H2,1-2H3,(H,29,32)(H,30,31)/b22-16+/t19-/m1/s1. The highest BCUT2D eigenvalue weighted by Gasteiger charge is 2.13. The number of nitriles is 1. The molecule has 0 saturated heterocycles. The van der Waals surface area contributed by atoms with Gasteiger partial charge in [-0.05, 0) is 60.5 Å². The van der Waals surface area contributed by atoms with Gasteiger partial charge in [0.2, 0.25) is 0 Å². The fourth-order valence-corrected chi connectivity index (χ4v) is 3.10. The Balaban J connectivity index is 1.54. The minimum absolute atomic E-state index is 0.00433. The fourth-order valence-electron chi connectivity index (χ4n) is 3.10. The number of carbonyl (C=O) groups is 2. The van der Waals surface area contributed by atoms with Crippen LogP contribution in [0.5, 0.6) is 11.5 Å². The van der Waals surface area contributed by atoms with Crippen molar-refractivity contribution in [3.8, 4) is 17.6 Å². The first-order valence-corrected chi connectivity index (χ1v) is 10.6. The molecule has 1 atom stereocenters. The van der Waals surface area contributed by atoms with Gasteiger partial charge in [0.05, 0.1) is 13.2 Å². The summed E-state index contributed by atoms with van der Waals surface area (Å²) in [6.45, 7) is 1.70. The molecule has 0 unspecified atom stereocenters. The van der Waals surface area contributed by atoms with Crippen molar-refractivity contribution in [1.29, 1.82) is 5.26 Å². The molecule has 3 rings (SSSR count). The molecule has 34 heavy (non-hydrogen) atoms. The number of ether oxygens (including phenoxy) is 2. The van der Waals surface area contributed by atoms with Crippen LogP contribution in [-0.4, -0.2) is 25.5 Å². The predicted molar refractivity (Wildman–Crippen MR) is 130 cm³/mol. The van der Waals surface area contributed by atoms with Crippen molar-refractivity contribution in [2.45, 2.75) is 13.0 Å². The summed E-state index contributed by atoms with van der Waals surface area (Å²) in [6.07, 6.45) is 1.51. The van der Waals surface area contributed by atoms with Crippen LogP contribution >= 0.6 is 0 Å². The number of benzene rings is 3. The lowest BCUT2D eigenvalue weighted by atomic mass is 10.1. The van der Waals surface area contributed by atoms with Crippen molar-refractivity contribution < 1.29 is 19.1 Å². The SMILES string of the molecule is COc1ccc(NC(=O)COc2ccc(/C=C(\C#N)C(=O)N[C@H](C)c3ccccc3)cc2)cc1. The zero-order chi connectivity index (χ0) is 24.3. The second-order valence-electron chi connectivity index (χ2n) is 7.41. The molecule has 0 fully saturated rings. The van der Waals surface area contributed by atoms with Crippen LogP contribution in [0.15, 0.2) is 84.4 Å². The van der Waals surface area contributed by atoms with E-state index >= 15 is 0 Å². The fraction of sp³-hybridized carbons (Fsp3) is 0.148. The van der Waals surface area contributed by atoms with Gasteiger partial charge in [-0.25, -0.2) is 0 Å². The monoisotopic (exact) mass is 455 g/mol. The summed E-state index contributed by atoms with van der Waals surface area (Å²) in [5.74, 6) is 0.438. The van der Waals surface area contributed by atoms with Gasteiger partial charge in [0.1, 0.15) is 23.1 Å². The number of nitrogens with zero attached hydrogens (tertiary/aromatic N) is 1. The van der Waals surface area contributed by atoms with E-state index in [1.165, 1.54) is 6.08 Å². The highest BCUT2D eigenvalue weighted by atomic mass is 16.5. The van der Waals surface area contributed by atoms with Gasteiger partial charge in [0.25, 0.3) is 11.8 Å². The van der Waals surface area contributed by atoms with Gasteiger partial charge in [0.15, 0.2) is 6.61 Å². The first-order valence-electron chi connectivity index (χ1n) is 10.6. The molecule has 0 aliphatic rings. The molecule has 7 heteroatoms. The van der Waals surface area contributed by atoms with E-state index in [9.17, 15) is 14.9 Å². The predicted octanol–water partition coefficient (Wildman–Crippen LogP) is 4.50. The number of nitrogens with one attached hydrogen (secondary N) is 2. The van der Waals surface area contributed by atoms with Gasteiger partial charge in [-0.2, -0.15) is 5.26 Å². The summed E-state index contributed by atoms with van der Waals surface area (Å²) in [6, 6.07) is 25.0. The molecule has 0 spiro atoms. The smallest absolute Gasteiger partial charge is 0.262 e. The first kappa shape index (κ1) is 24.1. The molecule has 3 aromatic rings. The van der Waals surface area contributed by atoms with Crippen LogP contribution in [-0.2, 0) is 9.59 Å². The summed E-state index contributed by atoms with van der Waals surface area (Å²) >= 11 is 0. The normalized spacial score (nSPS) is 11.6. The third kappa shape index (κ3) is 6.97. The van der Waals surface area contributed by atoms with Gasteiger partial charge in [-0.15, -0.1) is 0 Å². The Morgan fingerprint density at radius 1 is 0.971 bits per heavy atom. The molecule has 2 N–H and O–H groups in total. The van der Waals surface area contributed by atoms with Crippen LogP contribution in [0.2, 0.25) is 0 Å². The second-order valence-corrected chi connectivity index (χ2v) is 7.41. The number of rotatable bonds is 9. The molecule has 0 radical (unpaired) electrons. The van der Waals surface area contributed by atoms with E-state index in [1.807, 2.05) is 43.3 Å². The maximum Gasteiger partial charge on any atom is 0.262 e. The second kappa shape index (κ2) is 11.9. The van der Waals surface area contributed by atoms with Gasteiger partial charge in [-0.3, -0.25) is 9.59 Å². The van der Waals surface area contributed by atoms with Crippen LogP contribution in [0, 0.1) is 11.3 Å². The quantitative estimate of drug-likeness (QED) is 0.366. The van der Waals surface area contributed by atoms with E-state index in [-0.39, 0.29) is 24.1 Å². The summed E-state index contributed by atoms with van der Waals surface area (Å²) < 4.78 is 10.6. The Hall–Kier alpha value is -4.57. The largest absolute Gasteiger partial charge is 0.497 e. The van der Waals surface area contributed by atoms with Crippen molar-refractivity contribution in [1.82, 2.24) is 5.32 Å². The third-order valence-corrected chi connectivity index (χ3v) is 4.95. The van der Waals surface area contributed by atoms with Crippen molar-refractivity contribution in [3.63, 3.8) is 0 Å². The third-order valence-electron chi connectivity index (χ3n) is 4.95. The van der Waals surface area contributed by atoms with Crippen LogP contribution < -0.4 is 20.1 Å². The van der Waals surface area contributed by atoms with Crippen LogP contribution in [0.1, 0.15) is 24.1 Å². The van der Waals surface area contributed by atoms with Crippen molar-refractivity contribution in [2.75, 3.05) is 19.0 Å². The Kier molecular flexibility index (Phi) is 8.42. The Morgan fingerprint density at radius 3 is 2.24 bits per heavy atom. The van der Waals surface area contributed by atoms with E-state index < -0.39 is 5.91 Å². The van der Waals surface area contributed by atoms with Crippen molar-refractivity contribution >= 4 is 23.6 Å². The van der Waals surface area contributed by atoms with Gasteiger partial charge in [0, 0.05) is 5.69 Å². The van der Waals surface area contributed by atoms with Gasteiger partial charge >= 0.3 is 0 Å². The van der Waals surface area contributed by atoms with E-state index in [2.05, 4.69) is 10.6 Å². The highest BCUT2D eigenvalue weighted by Crippen LogP contribution is 2.17. The molecule has 0 heterocycles. The summed E-state index contributed by atoms with van der Waals surface area (Å²) in [4.78, 5) is 24.6.